The van der Waals surface area contributed by atoms with E-state index in [9.17, 15) is 14.9 Å². The number of nitrogens with one attached hydrogen (secondary N) is 1. The minimum absolute atomic E-state index is 0.195. The molecule has 1 fully saturated rings. The summed E-state index contributed by atoms with van der Waals surface area (Å²) < 4.78 is 15.5. The zero-order valence-electron chi connectivity index (χ0n) is 15.3. The monoisotopic (exact) mass is 360 g/mol. The Bertz CT molecular complexity index is 704. The summed E-state index contributed by atoms with van der Waals surface area (Å²) in [5.74, 6) is -0.323. The maximum absolute atomic E-state index is 12.4. The van der Waals surface area contributed by atoms with Crippen molar-refractivity contribution in [2.75, 3.05) is 14.2 Å². The van der Waals surface area contributed by atoms with E-state index < -0.39 is 23.5 Å². The number of ether oxygens (including phenoxy) is 3. The quantitative estimate of drug-likeness (QED) is 0.783. The molecular weight excluding hydrogens is 336 g/mol. The molecule has 2 rings (SSSR count). The molecule has 1 N–H and O–H groups in total. The van der Waals surface area contributed by atoms with Gasteiger partial charge in [-0.05, 0) is 31.9 Å². The molecule has 1 atom stereocenters. The third-order valence-corrected chi connectivity index (χ3v) is 4.57. The molecule has 1 aliphatic carbocycles. The van der Waals surface area contributed by atoms with Gasteiger partial charge >= 0.3 is 5.97 Å². The number of hydrogen-bond acceptors (Lipinski definition) is 6. The smallest absolute Gasteiger partial charge is 0.342 e. The summed E-state index contributed by atoms with van der Waals surface area (Å²) in [6, 6.07) is 6.90. The first kappa shape index (κ1) is 19.6. The van der Waals surface area contributed by atoms with E-state index in [1.54, 1.807) is 12.1 Å². The van der Waals surface area contributed by atoms with Gasteiger partial charge in [0.2, 0.25) is 0 Å². The molecule has 7 nitrogen and oxygen atoms in total. The van der Waals surface area contributed by atoms with E-state index in [2.05, 4.69) is 11.4 Å². The summed E-state index contributed by atoms with van der Waals surface area (Å²) in [5, 5.41) is 12.2. The van der Waals surface area contributed by atoms with Crippen molar-refractivity contribution in [1.82, 2.24) is 5.32 Å². The lowest BCUT2D eigenvalue weighted by Crippen LogP contribution is -2.52. The number of nitriles is 1. The highest BCUT2D eigenvalue weighted by Gasteiger charge is 2.35. The minimum atomic E-state index is -1.03. The van der Waals surface area contributed by atoms with Crippen molar-refractivity contribution >= 4 is 11.9 Å². The number of hydrogen-bond donors (Lipinski definition) is 1. The molecule has 1 aliphatic rings. The average Bonchev–Trinajstić information content (AvgIpc) is 2.67. The largest absolute Gasteiger partial charge is 0.497 e. The van der Waals surface area contributed by atoms with Crippen molar-refractivity contribution in [3.05, 3.63) is 23.8 Å². The summed E-state index contributed by atoms with van der Waals surface area (Å²) in [4.78, 5) is 24.8. The fraction of sp³-hybridized carbons (Fsp3) is 0.526. The highest BCUT2D eigenvalue weighted by atomic mass is 16.5. The Labute approximate surface area is 153 Å². The van der Waals surface area contributed by atoms with Crippen molar-refractivity contribution in [2.24, 2.45) is 0 Å². The lowest BCUT2D eigenvalue weighted by atomic mass is 9.83. The van der Waals surface area contributed by atoms with Gasteiger partial charge in [0.1, 0.15) is 22.6 Å². The Balaban J connectivity index is 2.04. The summed E-state index contributed by atoms with van der Waals surface area (Å²) >= 11 is 0. The fourth-order valence-corrected chi connectivity index (χ4v) is 3.00. The molecule has 0 radical (unpaired) electrons. The maximum atomic E-state index is 12.4. The Morgan fingerprint density at radius 2 is 1.88 bits per heavy atom. The van der Waals surface area contributed by atoms with Gasteiger partial charge in [-0.15, -0.1) is 0 Å². The molecule has 7 heteroatoms. The van der Waals surface area contributed by atoms with Crippen molar-refractivity contribution in [3.8, 4) is 17.6 Å². The van der Waals surface area contributed by atoms with Crippen LogP contribution in [0.4, 0.5) is 0 Å². The number of carbonyl (C=O) groups excluding carboxylic acids is 2. The molecule has 1 aromatic carbocycles. The van der Waals surface area contributed by atoms with Crippen LogP contribution in [0.25, 0.3) is 0 Å². The molecule has 1 saturated carbocycles. The van der Waals surface area contributed by atoms with E-state index in [-0.39, 0.29) is 5.56 Å². The van der Waals surface area contributed by atoms with Crippen molar-refractivity contribution < 1.29 is 23.8 Å². The van der Waals surface area contributed by atoms with Gasteiger partial charge in [0.05, 0.1) is 20.3 Å². The van der Waals surface area contributed by atoms with Crippen LogP contribution in [0.2, 0.25) is 0 Å². The molecule has 0 aliphatic heterocycles. The van der Waals surface area contributed by atoms with Crippen molar-refractivity contribution in [1.29, 1.82) is 5.26 Å². The molecule has 0 unspecified atom stereocenters. The topological polar surface area (TPSA) is 97.6 Å². The van der Waals surface area contributed by atoms with Crippen LogP contribution >= 0.6 is 0 Å². The summed E-state index contributed by atoms with van der Waals surface area (Å²) in [6.07, 6.45) is 3.04. The Morgan fingerprint density at radius 1 is 1.19 bits per heavy atom. The number of rotatable bonds is 6. The van der Waals surface area contributed by atoms with E-state index in [0.717, 1.165) is 19.3 Å². The average molecular weight is 360 g/mol. The third kappa shape index (κ3) is 4.45. The SMILES string of the molecule is COc1ccc(C(=O)O[C@@H](C)C(=O)NC2(C#N)CCCCC2)c(OC)c1. The first-order valence-corrected chi connectivity index (χ1v) is 8.61. The normalized spacial score (nSPS) is 16.7. The first-order chi connectivity index (χ1) is 12.4. The molecule has 140 valence electrons. The summed E-state index contributed by atoms with van der Waals surface area (Å²) in [7, 11) is 2.94. The Kier molecular flexibility index (Phi) is 6.45. The molecule has 0 heterocycles. The number of amides is 1. The van der Waals surface area contributed by atoms with E-state index in [1.165, 1.54) is 27.2 Å². The van der Waals surface area contributed by atoms with Crippen LogP contribution in [0.1, 0.15) is 49.4 Å². The molecule has 1 amide bonds. The second-order valence-electron chi connectivity index (χ2n) is 6.36. The van der Waals surface area contributed by atoms with Gasteiger partial charge in [0.15, 0.2) is 6.10 Å². The molecule has 0 spiro atoms. The van der Waals surface area contributed by atoms with Gasteiger partial charge in [-0.2, -0.15) is 5.26 Å². The van der Waals surface area contributed by atoms with E-state index >= 15 is 0 Å². The lowest BCUT2D eigenvalue weighted by molar-refractivity contribution is -0.130. The van der Waals surface area contributed by atoms with Crippen LogP contribution in [0, 0.1) is 11.3 Å². The number of methoxy groups -OCH3 is 2. The van der Waals surface area contributed by atoms with Crippen LogP contribution < -0.4 is 14.8 Å². The first-order valence-electron chi connectivity index (χ1n) is 8.61. The molecule has 26 heavy (non-hydrogen) atoms. The van der Waals surface area contributed by atoms with Gasteiger partial charge in [0, 0.05) is 6.07 Å². The Morgan fingerprint density at radius 3 is 2.46 bits per heavy atom. The van der Waals surface area contributed by atoms with E-state index in [1.807, 2.05) is 0 Å². The second-order valence-corrected chi connectivity index (χ2v) is 6.36. The van der Waals surface area contributed by atoms with Crippen LogP contribution in [-0.4, -0.2) is 37.7 Å². The fourth-order valence-electron chi connectivity index (χ4n) is 3.00. The summed E-state index contributed by atoms with van der Waals surface area (Å²) in [5.41, 5.74) is -0.672. The van der Waals surface area contributed by atoms with Crippen molar-refractivity contribution in [2.45, 2.75) is 50.7 Å². The minimum Gasteiger partial charge on any atom is -0.497 e. The summed E-state index contributed by atoms with van der Waals surface area (Å²) in [6.45, 7) is 1.48. The zero-order chi connectivity index (χ0) is 19.2. The number of nitrogens with zero attached hydrogens (tertiary/aromatic N) is 1. The highest BCUT2D eigenvalue weighted by Crippen LogP contribution is 2.28. The molecule has 0 bridgehead atoms. The highest BCUT2D eigenvalue weighted by molar-refractivity contribution is 5.95. The van der Waals surface area contributed by atoms with Gasteiger partial charge in [-0.3, -0.25) is 4.79 Å². The lowest BCUT2D eigenvalue weighted by Gasteiger charge is -2.32. The third-order valence-electron chi connectivity index (χ3n) is 4.57. The second kappa shape index (κ2) is 8.56. The standard InChI is InChI=1S/C19H24N2O5/c1-13(17(22)21-19(12-20)9-5-4-6-10-19)26-18(23)15-8-7-14(24-2)11-16(15)25-3/h7-8,11,13H,4-6,9-10H2,1-3H3,(H,21,22)/t13-/m0/s1. The predicted molar refractivity (Wildman–Crippen MR) is 94.0 cm³/mol. The maximum Gasteiger partial charge on any atom is 0.342 e. The van der Waals surface area contributed by atoms with Gasteiger partial charge in [-0.25, -0.2) is 4.79 Å². The van der Waals surface area contributed by atoms with Crippen molar-refractivity contribution in [3.63, 3.8) is 0 Å². The molecule has 0 saturated heterocycles. The predicted octanol–water partition coefficient (Wildman–Crippen LogP) is 2.59. The molecule has 1 aromatic rings. The van der Waals surface area contributed by atoms with E-state index in [4.69, 9.17) is 14.2 Å². The Hall–Kier alpha value is -2.75. The van der Waals surface area contributed by atoms with E-state index in [0.29, 0.717) is 24.3 Å². The van der Waals surface area contributed by atoms with Crippen LogP contribution in [-0.2, 0) is 9.53 Å². The number of carbonyl (C=O) groups is 2. The van der Waals surface area contributed by atoms with Crippen LogP contribution in [0.3, 0.4) is 0 Å². The molecular formula is C19H24N2O5. The molecule has 0 aromatic heterocycles. The number of benzene rings is 1. The van der Waals surface area contributed by atoms with Gasteiger partial charge in [-0.1, -0.05) is 19.3 Å². The van der Waals surface area contributed by atoms with Gasteiger partial charge < -0.3 is 19.5 Å². The van der Waals surface area contributed by atoms with Crippen LogP contribution in [0.5, 0.6) is 11.5 Å². The zero-order valence-corrected chi connectivity index (χ0v) is 15.3. The number of esters is 1. The van der Waals surface area contributed by atoms with Crippen LogP contribution in [0.15, 0.2) is 18.2 Å². The van der Waals surface area contributed by atoms with Gasteiger partial charge in [0.25, 0.3) is 5.91 Å².